The maximum atomic E-state index is 5.49. The standard InChI is InChI=1S/C12H21N3O/c1-11(2)4-7-16-8-6-13-9-12-3-5-14-10-15-12/h3,5,10-11,13H,4,6-9H2,1-2H3. The van der Waals surface area contributed by atoms with Crippen molar-refractivity contribution in [3.05, 3.63) is 24.3 Å². The van der Waals surface area contributed by atoms with Crippen LogP contribution in [0.15, 0.2) is 18.6 Å². The van der Waals surface area contributed by atoms with E-state index < -0.39 is 0 Å². The number of ether oxygens (including phenoxy) is 1. The molecule has 1 heterocycles. The van der Waals surface area contributed by atoms with E-state index in [1.165, 1.54) is 0 Å². The molecule has 16 heavy (non-hydrogen) atoms. The third-order valence-electron chi connectivity index (χ3n) is 2.21. The zero-order chi connectivity index (χ0) is 11.6. The molecule has 1 aromatic heterocycles. The van der Waals surface area contributed by atoms with E-state index in [0.29, 0.717) is 5.92 Å². The number of hydrogen-bond donors (Lipinski definition) is 1. The SMILES string of the molecule is CC(C)CCOCCNCc1ccncn1. The van der Waals surface area contributed by atoms with Crippen LogP contribution in [-0.2, 0) is 11.3 Å². The lowest BCUT2D eigenvalue weighted by atomic mass is 10.1. The Kier molecular flexibility index (Phi) is 6.69. The van der Waals surface area contributed by atoms with E-state index in [2.05, 4.69) is 29.1 Å². The summed E-state index contributed by atoms with van der Waals surface area (Å²) in [5.41, 5.74) is 1.01. The first-order valence-corrected chi connectivity index (χ1v) is 5.82. The summed E-state index contributed by atoms with van der Waals surface area (Å²) >= 11 is 0. The first-order valence-electron chi connectivity index (χ1n) is 5.82. The fourth-order valence-electron chi connectivity index (χ4n) is 1.20. The van der Waals surface area contributed by atoms with Crippen LogP contribution in [0.3, 0.4) is 0 Å². The summed E-state index contributed by atoms with van der Waals surface area (Å²) < 4.78 is 5.49. The van der Waals surface area contributed by atoms with Gasteiger partial charge in [-0.05, 0) is 18.4 Å². The fraction of sp³-hybridized carbons (Fsp3) is 0.667. The van der Waals surface area contributed by atoms with Gasteiger partial charge in [-0.1, -0.05) is 13.8 Å². The van der Waals surface area contributed by atoms with Gasteiger partial charge < -0.3 is 10.1 Å². The summed E-state index contributed by atoms with van der Waals surface area (Å²) in [5, 5.41) is 3.27. The van der Waals surface area contributed by atoms with E-state index in [1.807, 2.05) is 6.07 Å². The van der Waals surface area contributed by atoms with Gasteiger partial charge in [-0.15, -0.1) is 0 Å². The van der Waals surface area contributed by atoms with E-state index in [0.717, 1.165) is 38.4 Å². The number of nitrogens with one attached hydrogen (secondary N) is 1. The van der Waals surface area contributed by atoms with Crippen molar-refractivity contribution >= 4 is 0 Å². The molecule has 0 aliphatic heterocycles. The topological polar surface area (TPSA) is 47.0 Å². The van der Waals surface area contributed by atoms with Gasteiger partial charge >= 0.3 is 0 Å². The minimum Gasteiger partial charge on any atom is -0.380 e. The average Bonchev–Trinajstić information content (AvgIpc) is 2.29. The summed E-state index contributed by atoms with van der Waals surface area (Å²) in [5.74, 6) is 0.717. The maximum Gasteiger partial charge on any atom is 0.115 e. The molecule has 4 heteroatoms. The van der Waals surface area contributed by atoms with E-state index in [9.17, 15) is 0 Å². The molecule has 0 aliphatic rings. The van der Waals surface area contributed by atoms with Gasteiger partial charge in [0.05, 0.1) is 12.3 Å². The van der Waals surface area contributed by atoms with Crippen molar-refractivity contribution in [2.75, 3.05) is 19.8 Å². The highest BCUT2D eigenvalue weighted by Gasteiger charge is 1.95. The molecule has 0 aliphatic carbocycles. The number of nitrogens with zero attached hydrogens (tertiary/aromatic N) is 2. The molecule has 90 valence electrons. The second-order valence-electron chi connectivity index (χ2n) is 4.17. The molecule has 0 saturated heterocycles. The van der Waals surface area contributed by atoms with E-state index in [1.54, 1.807) is 12.5 Å². The molecule has 0 atom stereocenters. The Morgan fingerprint density at radius 3 is 2.94 bits per heavy atom. The average molecular weight is 223 g/mol. The summed E-state index contributed by atoms with van der Waals surface area (Å²) in [4.78, 5) is 7.99. The highest BCUT2D eigenvalue weighted by molar-refractivity contribution is 4.96. The summed E-state index contributed by atoms with van der Waals surface area (Å²) in [6, 6.07) is 1.91. The van der Waals surface area contributed by atoms with Crippen molar-refractivity contribution in [1.82, 2.24) is 15.3 Å². The van der Waals surface area contributed by atoms with Crippen LogP contribution in [-0.4, -0.2) is 29.7 Å². The van der Waals surface area contributed by atoms with Gasteiger partial charge in [-0.2, -0.15) is 0 Å². The smallest absolute Gasteiger partial charge is 0.115 e. The van der Waals surface area contributed by atoms with Crippen LogP contribution in [0.2, 0.25) is 0 Å². The predicted molar refractivity (Wildman–Crippen MR) is 64.0 cm³/mol. The molecule has 0 amide bonds. The van der Waals surface area contributed by atoms with E-state index >= 15 is 0 Å². The predicted octanol–water partition coefficient (Wildman–Crippen LogP) is 1.63. The molecule has 1 N–H and O–H groups in total. The minimum atomic E-state index is 0.717. The Bertz CT molecular complexity index is 264. The third-order valence-corrected chi connectivity index (χ3v) is 2.21. The lowest BCUT2D eigenvalue weighted by Crippen LogP contribution is -2.20. The molecule has 4 nitrogen and oxygen atoms in total. The van der Waals surface area contributed by atoms with Crippen molar-refractivity contribution in [2.24, 2.45) is 5.92 Å². The molecule has 0 unspecified atom stereocenters. The zero-order valence-electron chi connectivity index (χ0n) is 10.1. The summed E-state index contributed by atoms with van der Waals surface area (Å²) in [6.45, 7) is 7.66. The lowest BCUT2D eigenvalue weighted by molar-refractivity contribution is 0.125. The van der Waals surface area contributed by atoms with Gasteiger partial charge in [0, 0.05) is 25.9 Å². The van der Waals surface area contributed by atoms with Crippen LogP contribution in [0.4, 0.5) is 0 Å². The van der Waals surface area contributed by atoms with Gasteiger partial charge in [0.2, 0.25) is 0 Å². The quantitative estimate of drug-likeness (QED) is 0.680. The van der Waals surface area contributed by atoms with Crippen LogP contribution in [0.5, 0.6) is 0 Å². The van der Waals surface area contributed by atoms with Crippen LogP contribution >= 0.6 is 0 Å². The first-order chi connectivity index (χ1) is 7.79. The highest BCUT2D eigenvalue weighted by atomic mass is 16.5. The maximum absolute atomic E-state index is 5.49. The van der Waals surface area contributed by atoms with Crippen LogP contribution in [0.25, 0.3) is 0 Å². The Morgan fingerprint density at radius 2 is 2.25 bits per heavy atom. The van der Waals surface area contributed by atoms with Gasteiger partial charge in [0.1, 0.15) is 6.33 Å². The third kappa shape index (κ3) is 6.48. The molecule has 0 saturated carbocycles. The molecular formula is C12H21N3O. The summed E-state index contributed by atoms with van der Waals surface area (Å²) in [7, 11) is 0. The molecule has 0 aromatic carbocycles. The molecule has 0 bridgehead atoms. The van der Waals surface area contributed by atoms with Crippen LogP contribution in [0.1, 0.15) is 26.0 Å². The Morgan fingerprint density at radius 1 is 1.38 bits per heavy atom. The zero-order valence-corrected chi connectivity index (χ0v) is 10.1. The largest absolute Gasteiger partial charge is 0.380 e. The highest BCUT2D eigenvalue weighted by Crippen LogP contribution is 1.98. The Labute approximate surface area is 97.5 Å². The molecule has 1 aromatic rings. The fourth-order valence-corrected chi connectivity index (χ4v) is 1.20. The minimum absolute atomic E-state index is 0.717. The molecule has 0 radical (unpaired) electrons. The van der Waals surface area contributed by atoms with Crippen molar-refractivity contribution in [2.45, 2.75) is 26.8 Å². The Hall–Kier alpha value is -1.00. The number of aromatic nitrogens is 2. The monoisotopic (exact) mass is 223 g/mol. The van der Waals surface area contributed by atoms with Gasteiger partial charge in [-0.25, -0.2) is 9.97 Å². The second-order valence-corrected chi connectivity index (χ2v) is 4.17. The number of hydrogen-bond acceptors (Lipinski definition) is 4. The first kappa shape index (κ1) is 13.1. The van der Waals surface area contributed by atoms with E-state index in [4.69, 9.17) is 4.74 Å². The number of rotatable bonds is 8. The molecular weight excluding hydrogens is 202 g/mol. The van der Waals surface area contributed by atoms with Crippen LogP contribution in [0, 0.1) is 5.92 Å². The Balaban J connectivity index is 1.93. The van der Waals surface area contributed by atoms with Crippen molar-refractivity contribution < 1.29 is 4.74 Å². The van der Waals surface area contributed by atoms with Crippen molar-refractivity contribution in [3.63, 3.8) is 0 Å². The van der Waals surface area contributed by atoms with Crippen LogP contribution < -0.4 is 5.32 Å². The second kappa shape index (κ2) is 8.19. The van der Waals surface area contributed by atoms with Gasteiger partial charge in [-0.3, -0.25) is 0 Å². The lowest BCUT2D eigenvalue weighted by Gasteiger charge is -2.07. The molecule has 1 rings (SSSR count). The molecule has 0 fully saturated rings. The normalized spacial score (nSPS) is 10.9. The summed E-state index contributed by atoms with van der Waals surface area (Å²) in [6.07, 6.45) is 4.45. The van der Waals surface area contributed by atoms with Crippen molar-refractivity contribution in [3.8, 4) is 0 Å². The van der Waals surface area contributed by atoms with Gasteiger partial charge in [0.15, 0.2) is 0 Å². The van der Waals surface area contributed by atoms with Gasteiger partial charge in [0.25, 0.3) is 0 Å². The van der Waals surface area contributed by atoms with E-state index in [-0.39, 0.29) is 0 Å². The molecule has 0 spiro atoms. The van der Waals surface area contributed by atoms with Crippen molar-refractivity contribution in [1.29, 1.82) is 0 Å².